The Bertz CT molecular complexity index is 1320. The maximum Gasteiger partial charge on any atom is 0.310 e. The molecule has 33 heavy (non-hydrogen) atoms. The van der Waals surface area contributed by atoms with Gasteiger partial charge in [-0.1, -0.05) is 23.7 Å². The molecular weight excluding hydrogens is 462 g/mol. The molecule has 1 saturated heterocycles. The lowest BCUT2D eigenvalue weighted by Gasteiger charge is -2.31. The highest BCUT2D eigenvalue weighted by Gasteiger charge is 2.30. The number of fused-ring (bicyclic) bond motifs is 1. The van der Waals surface area contributed by atoms with Crippen molar-refractivity contribution in [2.45, 2.75) is 26.3 Å². The van der Waals surface area contributed by atoms with E-state index < -0.39 is 0 Å². The first-order chi connectivity index (χ1) is 15.9. The summed E-state index contributed by atoms with van der Waals surface area (Å²) in [6.07, 6.45) is 1.45. The molecule has 2 heterocycles. The van der Waals surface area contributed by atoms with Crippen molar-refractivity contribution in [3.8, 4) is 0 Å². The van der Waals surface area contributed by atoms with Gasteiger partial charge in [-0.15, -0.1) is 0 Å². The van der Waals surface area contributed by atoms with Gasteiger partial charge in [-0.25, -0.2) is 0 Å². The average molecular weight is 486 g/mol. The van der Waals surface area contributed by atoms with Crippen molar-refractivity contribution in [1.29, 1.82) is 0 Å². The Labute approximate surface area is 200 Å². The quantitative estimate of drug-likeness (QED) is 0.433. The number of likely N-dealkylation sites (tertiary alicyclic amines) is 1. The topological polar surface area (TPSA) is 84.4 Å². The third-order valence-corrected chi connectivity index (χ3v) is 6.39. The molecule has 0 aliphatic carbocycles. The number of rotatable bonds is 5. The number of carbonyl (C=O) groups is 2. The normalized spacial score (nSPS) is 16.1. The van der Waals surface area contributed by atoms with Gasteiger partial charge in [0.25, 0.3) is 11.5 Å². The van der Waals surface area contributed by atoms with E-state index in [1.54, 1.807) is 42.2 Å². The monoisotopic (exact) mass is 485 g/mol. The number of hydrogen-bond donors (Lipinski definition) is 1. The number of nitrogens with one attached hydrogen (secondary N) is 1. The van der Waals surface area contributed by atoms with E-state index in [0.29, 0.717) is 54.2 Å². The zero-order valence-electron chi connectivity index (χ0n) is 18.2. The van der Waals surface area contributed by atoms with Crippen molar-refractivity contribution in [2.24, 2.45) is 5.92 Å². The van der Waals surface area contributed by atoms with E-state index in [1.807, 2.05) is 12.1 Å². The lowest BCUT2D eigenvalue weighted by molar-refractivity contribution is -0.149. The van der Waals surface area contributed by atoms with Gasteiger partial charge in [0.05, 0.1) is 30.0 Å². The molecule has 9 heteroatoms. The Morgan fingerprint density at radius 1 is 1.21 bits per heavy atom. The maximum absolute atomic E-state index is 13.1. The van der Waals surface area contributed by atoms with Gasteiger partial charge in [-0.3, -0.25) is 19.0 Å². The zero-order chi connectivity index (χ0) is 23.5. The summed E-state index contributed by atoms with van der Waals surface area (Å²) in [5.74, 6) is -0.761. The molecule has 3 aromatic rings. The van der Waals surface area contributed by atoms with Crippen LogP contribution in [0.15, 0.2) is 47.3 Å². The molecule has 4 rings (SSSR count). The second-order valence-corrected chi connectivity index (χ2v) is 8.87. The second-order valence-electron chi connectivity index (χ2n) is 8.05. The van der Waals surface area contributed by atoms with Crippen molar-refractivity contribution in [2.75, 3.05) is 19.7 Å². The number of nitrogens with zero attached hydrogens (tertiary/aromatic N) is 2. The Hall–Kier alpha value is -2.97. The number of aromatic amines is 1. The SMILES string of the molecule is CCOC(=O)C1CCCN(C(=O)c2ccc3c(=O)n(Cc4ccc(Cl)cc4)c(=S)[nH]c3c2)C1. The van der Waals surface area contributed by atoms with E-state index in [9.17, 15) is 14.4 Å². The molecule has 1 aromatic heterocycles. The van der Waals surface area contributed by atoms with Gasteiger partial charge >= 0.3 is 5.97 Å². The van der Waals surface area contributed by atoms with Gasteiger partial charge < -0.3 is 14.6 Å². The van der Waals surface area contributed by atoms with Crippen LogP contribution in [-0.4, -0.2) is 46.0 Å². The summed E-state index contributed by atoms with van der Waals surface area (Å²) in [6.45, 7) is 3.31. The maximum atomic E-state index is 13.1. The van der Waals surface area contributed by atoms with Gasteiger partial charge in [-0.2, -0.15) is 0 Å². The van der Waals surface area contributed by atoms with Crippen LogP contribution in [0.2, 0.25) is 5.02 Å². The summed E-state index contributed by atoms with van der Waals surface area (Å²) in [5, 5.41) is 1.06. The molecule has 0 bridgehead atoms. The lowest BCUT2D eigenvalue weighted by Crippen LogP contribution is -2.42. The largest absolute Gasteiger partial charge is 0.466 e. The van der Waals surface area contributed by atoms with Gasteiger partial charge in [0.15, 0.2) is 4.77 Å². The van der Waals surface area contributed by atoms with Crippen molar-refractivity contribution in [3.63, 3.8) is 0 Å². The van der Waals surface area contributed by atoms with Crippen LogP contribution in [0.1, 0.15) is 35.7 Å². The van der Waals surface area contributed by atoms with Crippen LogP contribution >= 0.6 is 23.8 Å². The molecule has 1 amide bonds. The van der Waals surface area contributed by atoms with E-state index in [2.05, 4.69) is 4.98 Å². The Morgan fingerprint density at radius 2 is 1.97 bits per heavy atom. The van der Waals surface area contributed by atoms with Gasteiger partial charge in [-0.05, 0) is 67.9 Å². The number of hydrogen-bond acceptors (Lipinski definition) is 5. The van der Waals surface area contributed by atoms with E-state index in [4.69, 9.17) is 28.6 Å². The van der Waals surface area contributed by atoms with Crippen LogP contribution in [0.25, 0.3) is 10.9 Å². The summed E-state index contributed by atoms with van der Waals surface area (Å²) in [7, 11) is 0. The minimum Gasteiger partial charge on any atom is -0.466 e. The van der Waals surface area contributed by atoms with Crippen molar-refractivity contribution < 1.29 is 14.3 Å². The molecule has 1 N–H and O–H groups in total. The zero-order valence-corrected chi connectivity index (χ0v) is 19.7. The predicted molar refractivity (Wildman–Crippen MR) is 129 cm³/mol. The van der Waals surface area contributed by atoms with Gasteiger partial charge in [0.2, 0.25) is 0 Å². The first-order valence-corrected chi connectivity index (χ1v) is 11.6. The van der Waals surface area contributed by atoms with Crippen LogP contribution in [0.3, 0.4) is 0 Å². The number of carbonyl (C=O) groups excluding carboxylic acids is 2. The number of piperidine rings is 1. The summed E-state index contributed by atoms with van der Waals surface area (Å²) in [5.41, 5.74) is 1.60. The van der Waals surface area contributed by atoms with Crippen LogP contribution in [0, 0.1) is 10.7 Å². The lowest BCUT2D eigenvalue weighted by atomic mass is 9.97. The highest BCUT2D eigenvalue weighted by Crippen LogP contribution is 2.21. The molecule has 1 unspecified atom stereocenters. The number of esters is 1. The minimum absolute atomic E-state index is 0.185. The smallest absolute Gasteiger partial charge is 0.310 e. The molecule has 1 aliphatic heterocycles. The molecule has 0 saturated carbocycles. The van der Waals surface area contributed by atoms with Crippen LogP contribution < -0.4 is 5.56 Å². The number of amides is 1. The van der Waals surface area contributed by atoms with Crippen LogP contribution in [0.4, 0.5) is 0 Å². The number of aromatic nitrogens is 2. The average Bonchev–Trinajstić information content (AvgIpc) is 2.82. The molecule has 0 radical (unpaired) electrons. The first kappa shape index (κ1) is 23.2. The Balaban J connectivity index is 1.60. The minimum atomic E-state index is -0.311. The molecule has 1 fully saturated rings. The molecule has 0 spiro atoms. The third kappa shape index (κ3) is 5.02. The Kier molecular flexibility index (Phi) is 6.95. The molecular formula is C24H24ClN3O4S. The van der Waals surface area contributed by atoms with Crippen molar-refractivity contribution in [3.05, 3.63) is 73.7 Å². The fourth-order valence-corrected chi connectivity index (χ4v) is 4.48. The highest BCUT2D eigenvalue weighted by atomic mass is 35.5. The molecule has 2 aromatic carbocycles. The number of ether oxygens (including phenoxy) is 1. The van der Waals surface area contributed by atoms with E-state index in [1.165, 1.54) is 4.57 Å². The summed E-state index contributed by atoms with van der Waals surface area (Å²) in [4.78, 5) is 43.1. The second kappa shape index (κ2) is 9.89. The van der Waals surface area contributed by atoms with Gasteiger partial charge in [0, 0.05) is 23.7 Å². The van der Waals surface area contributed by atoms with Crippen molar-refractivity contribution >= 4 is 46.6 Å². The van der Waals surface area contributed by atoms with Crippen LogP contribution in [-0.2, 0) is 16.1 Å². The van der Waals surface area contributed by atoms with E-state index in [-0.39, 0.29) is 28.1 Å². The summed E-state index contributed by atoms with van der Waals surface area (Å²) >= 11 is 11.4. The predicted octanol–water partition coefficient (Wildman–Crippen LogP) is 4.18. The van der Waals surface area contributed by atoms with Crippen LogP contribution in [0.5, 0.6) is 0 Å². The van der Waals surface area contributed by atoms with E-state index >= 15 is 0 Å². The summed E-state index contributed by atoms with van der Waals surface area (Å²) < 4.78 is 6.88. The molecule has 1 aliphatic rings. The Morgan fingerprint density at radius 3 is 2.70 bits per heavy atom. The standard InChI is InChI=1S/C24H24ClN3O4S/c1-2-32-23(31)17-4-3-11-27(14-17)21(29)16-7-10-19-20(12-16)26-24(33)28(22(19)30)13-15-5-8-18(25)9-6-15/h5-10,12,17H,2-4,11,13-14H2,1H3,(H,26,33). The van der Waals surface area contributed by atoms with E-state index in [0.717, 1.165) is 12.0 Å². The molecule has 1 atom stereocenters. The molecule has 172 valence electrons. The van der Waals surface area contributed by atoms with Crippen molar-refractivity contribution in [1.82, 2.24) is 14.5 Å². The highest BCUT2D eigenvalue weighted by molar-refractivity contribution is 7.71. The number of halogens is 1. The fourth-order valence-electron chi connectivity index (χ4n) is 4.10. The molecule has 7 nitrogen and oxygen atoms in total. The summed E-state index contributed by atoms with van der Waals surface area (Å²) in [6, 6.07) is 12.1. The first-order valence-electron chi connectivity index (χ1n) is 10.8. The third-order valence-electron chi connectivity index (χ3n) is 5.81. The number of benzene rings is 2. The van der Waals surface area contributed by atoms with Gasteiger partial charge in [0.1, 0.15) is 0 Å². The number of H-pyrrole nitrogens is 1. The fraction of sp³-hybridized carbons (Fsp3) is 0.333.